The fourth-order valence-electron chi connectivity index (χ4n) is 0.250. The Morgan fingerprint density at radius 2 is 1.64 bits per heavy atom. The van der Waals surface area contributed by atoms with Crippen molar-refractivity contribution < 1.29 is 36.4 Å². The van der Waals surface area contributed by atoms with E-state index in [2.05, 4.69) is 13.8 Å². The predicted molar refractivity (Wildman–Crippen MR) is 39.1 cm³/mol. The van der Waals surface area contributed by atoms with E-state index in [0.717, 1.165) is 6.42 Å². The molecule has 0 bridgehead atoms. The van der Waals surface area contributed by atoms with Crippen LogP contribution < -0.4 is 18.9 Å². The van der Waals surface area contributed by atoms with Crippen molar-refractivity contribution in [2.75, 3.05) is 0 Å². The van der Waals surface area contributed by atoms with Crippen molar-refractivity contribution in [3.8, 4) is 0 Å². The van der Waals surface area contributed by atoms with Gasteiger partial charge in [0, 0.05) is 0 Å². The van der Waals surface area contributed by atoms with Crippen molar-refractivity contribution >= 4 is 10.4 Å². The molecular formula is C5H13LiO4S. The maximum Gasteiger partial charge on any atom is 1.00 e. The van der Waals surface area contributed by atoms with Gasteiger partial charge in [-0.3, -0.25) is 9.11 Å². The summed E-state index contributed by atoms with van der Waals surface area (Å²) in [6.45, 7) is 5.85. The number of hydrogen-bond donors (Lipinski definition) is 2. The summed E-state index contributed by atoms with van der Waals surface area (Å²) >= 11 is 0. The topological polar surface area (TPSA) is 74.6 Å². The predicted octanol–water partition coefficient (Wildman–Crippen LogP) is -1.64. The SMILES string of the molecule is O=S(=O)(O)O.[CH2-]CCCC.[Li+]. The number of rotatable bonds is 2. The normalized spacial score (nSPS) is 9.09. The van der Waals surface area contributed by atoms with Gasteiger partial charge in [-0.1, -0.05) is 19.8 Å². The van der Waals surface area contributed by atoms with E-state index in [4.69, 9.17) is 17.5 Å². The molecular weight excluding hydrogens is 163 g/mol. The number of unbranched alkanes of at least 4 members (excludes halogenated alkanes) is 2. The van der Waals surface area contributed by atoms with E-state index >= 15 is 0 Å². The van der Waals surface area contributed by atoms with Crippen LogP contribution in [0.3, 0.4) is 0 Å². The minimum absolute atomic E-state index is 0. The number of hydrogen-bond acceptors (Lipinski definition) is 2. The molecule has 0 amide bonds. The zero-order chi connectivity index (χ0) is 8.62. The third-order valence-corrected chi connectivity index (χ3v) is 0.604. The quantitative estimate of drug-likeness (QED) is 0.301. The van der Waals surface area contributed by atoms with Gasteiger partial charge in [-0.15, -0.1) is 0 Å². The molecule has 0 aromatic rings. The van der Waals surface area contributed by atoms with Crippen LogP contribution in [-0.2, 0) is 10.4 Å². The van der Waals surface area contributed by atoms with E-state index in [1.165, 1.54) is 12.8 Å². The summed E-state index contributed by atoms with van der Waals surface area (Å²) in [6, 6.07) is 0. The molecule has 0 saturated carbocycles. The van der Waals surface area contributed by atoms with Crippen LogP contribution in [0.4, 0.5) is 0 Å². The second-order valence-electron chi connectivity index (χ2n) is 1.65. The van der Waals surface area contributed by atoms with Crippen LogP contribution >= 0.6 is 0 Å². The molecule has 0 radical (unpaired) electrons. The first-order valence-electron chi connectivity index (χ1n) is 2.91. The molecule has 0 rings (SSSR count). The molecule has 0 spiro atoms. The third kappa shape index (κ3) is 123. The summed E-state index contributed by atoms with van der Waals surface area (Å²) in [4.78, 5) is 0. The van der Waals surface area contributed by atoms with Crippen molar-refractivity contribution in [2.24, 2.45) is 0 Å². The van der Waals surface area contributed by atoms with Crippen LogP contribution in [0.2, 0.25) is 0 Å². The summed E-state index contributed by atoms with van der Waals surface area (Å²) in [7, 11) is -4.67. The molecule has 0 aromatic heterocycles. The maximum absolute atomic E-state index is 8.74. The largest absolute Gasteiger partial charge is 1.00 e. The maximum atomic E-state index is 8.74. The molecule has 4 nitrogen and oxygen atoms in total. The van der Waals surface area contributed by atoms with Gasteiger partial charge in [-0.2, -0.15) is 14.8 Å². The van der Waals surface area contributed by atoms with Crippen LogP contribution in [-0.4, -0.2) is 17.5 Å². The van der Waals surface area contributed by atoms with Gasteiger partial charge in [-0.25, -0.2) is 0 Å². The van der Waals surface area contributed by atoms with Gasteiger partial charge in [0.05, 0.1) is 0 Å². The summed E-state index contributed by atoms with van der Waals surface area (Å²) in [6.07, 6.45) is 3.65. The van der Waals surface area contributed by atoms with Crippen molar-refractivity contribution in [3.63, 3.8) is 0 Å². The van der Waals surface area contributed by atoms with Crippen LogP contribution in [0, 0.1) is 6.92 Å². The van der Waals surface area contributed by atoms with Gasteiger partial charge in [0.25, 0.3) is 0 Å². The van der Waals surface area contributed by atoms with Gasteiger partial charge in [0.15, 0.2) is 0 Å². The molecule has 0 fully saturated rings. The van der Waals surface area contributed by atoms with E-state index < -0.39 is 10.4 Å². The molecule has 2 N–H and O–H groups in total. The molecule has 0 heterocycles. The average Bonchev–Trinajstić information content (AvgIpc) is 1.63. The van der Waals surface area contributed by atoms with Crippen LogP contribution in [0.1, 0.15) is 26.2 Å². The Balaban J connectivity index is -0.000000107. The minimum Gasteiger partial charge on any atom is -0.343 e. The second kappa shape index (κ2) is 10.5. The fraction of sp³-hybridized carbons (Fsp3) is 0.800. The Kier molecular flexibility index (Phi) is 16.7. The molecule has 64 valence electrons. The van der Waals surface area contributed by atoms with E-state index in [-0.39, 0.29) is 18.9 Å². The molecule has 0 aliphatic rings. The minimum atomic E-state index is -4.67. The zero-order valence-corrected chi connectivity index (χ0v) is 7.76. The summed E-state index contributed by atoms with van der Waals surface area (Å²) in [5.41, 5.74) is 0. The average molecular weight is 176 g/mol. The first-order valence-corrected chi connectivity index (χ1v) is 4.30. The Morgan fingerprint density at radius 3 is 1.64 bits per heavy atom. The van der Waals surface area contributed by atoms with Crippen molar-refractivity contribution in [3.05, 3.63) is 6.92 Å². The molecule has 0 aliphatic carbocycles. The van der Waals surface area contributed by atoms with Crippen molar-refractivity contribution in [2.45, 2.75) is 26.2 Å². The summed E-state index contributed by atoms with van der Waals surface area (Å²) in [5, 5.41) is 0. The standard InChI is InChI=1S/C5H11.Li.H2O4S/c1-3-5-4-2;;1-5(2,3)4/h1,3-5H2,2H3;;(H2,1,2,3,4)/q-1;+1;. The Bertz CT molecular complexity index is 133. The molecule has 0 unspecified atom stereocenters. The molecule has 0 saturated heterocycles. The zero-order valence-electron chi connectivity index (χ0n) is 6.95. The Morgan fingerprint density at radius 1 is 1.36 bits per heavy atom. The van der Waals surface area contributed by atoms with Gasteiger partial charge < -0.3 is 6.92 Å². The van der Waals surface area contributed by atoms with Crippen LogP contribution in [0.15, 0.2) is 0 Å². The molecule has 6 heteroatoms. The van der Waals surface area contributed by atoms with E-state index in [9.17, 15) is 0 Å². The molecule has 0 atom stereocenters. The van der Waals surface area contributed by atoms with Gasteiger partial charge in [0.1, 0.15) is 0 Å². The van der Waals surface area contributed by atoms with Gasteiger partial charge >= 0.3 is 29.3 Å². The first kappa shape index (κ1) is 17.5. The third-order valence-electron chi connectivity index (χ3n) is 0.604. The van der Waals surface area contributed by atoms with E-state index in [1.807, 2.05) is 0 Å². The van der Waals surface area contributed by atoms with Crippen molar-refractivity contribution in [1.29, 1.82) is 0 Å². The smallest absolute Gasteiger partial charge is 0.343 e. The van der Waals surface area contributed by atoms with Gasteiger partial charge in [0.2, 0.25) is 0 Å². The Labute approximate surface area is 80.1 Å². The first-order chi connectivity index (χ1) is 4.41. The second-order valence-corrected chi connectivity index (χ2v) is 2.55. The summed E-state index contributed by atoms with van der Waals surface area (Å²) in [5.74, 6) is 0. The Hall–Kier alpha value is 0.467. The van der Waals surface area contributed by atoms with Crippen molar-refractivity contribution in [1.82, 2.24) is 0 Å². The van der Waals surface area contributed by atoms with E-state index in [0.29, 0.717) is 0 Å². The molecule has 0 aliphatic heterocycles. The fourth-order valence-corrected chi connectivity index (χ4v) is 0.250. The summed E-state index contributed by atoms with van der Waals surface area (Å²) < 4.78 is 31.6. The molecule has 0 aromatic carbocycles. The monoisotopic (exact) mass is 176 g/mol. The van der Waals surface area contributed by atoms with Crippen LogP contribution in [0.5, 0.6) is 0 Å². The van der Waals surface area contributed by atoms with Crippen LogP contribution in [0.25, 0.3) is 0 Å². The van der Waals surface area contributed by atoms with Gasteiger partial charge in [-0.05, 0) is 0 Å². The van der Waals surface area contributed by atoms with E-state index in [1.54, 1.807) is 0 Å². The molecule has 11 heavy (non-hydrogen) atoms.